The molecule has 1 N–H and O–H groups in total. The normalized spacial score (nSPS) is 25.7. The number of aliphatic hydroxyl groups excluding tert-OH is 1. The molecule has 1 aliphatic carbocycles. The Morgan fingerprint density at radius 2 is 2.11 bits per heavy atom. The van der Waals surface area contributed by atoms with Crippen LogP contribution in [-0.2, 0) is 6.42 Å². The van der Waals surface area contributed by atoms with E-state index in [4.69, 9.17) is 4.74 Å². The van der Waals surface area contributed by atoms with Crippen molar-refractivity contribution in [2.24, 2.45) is 11.8 Å². The molecular formula is C16H24O2. The van der Waals surface area contributed by atoms with Crippen LogP contribution in [0.25, 0.3) is 0 Å². The van der Waals surface area contributed by atoms with E-state index in [-0.39, 0.29) is 6.10 Å². The largest absolute Gasteiger partial charge is 0.496 e. The molecule has 0 heterocycles. The molecule has 1 fully saturated rings. The SMILES string of the molecule is COc1ccccc1CC(O)C1CCCC(C)C1. The minimum Gasteiger partial charge on any atom is -0.496 e. The number of ether oxygens (including phenoxy) is 1. The first-order valence-corrected chi connectivity index (χ1v) is 7.00. The molecule has 0 aromatic heterocycles. The molecule has 0 radical (unpaired) electrons. The van der Waals surface area contributed by atoms with Crippen LogP contribution in [0.1, 0.15) is 38.2 Å². The summed E-state index contributed by atoms with van der Waals surface area (Å²) in [4.78, 5) is 0. The van der Waals surface area contributed by atoms with Gasteiger partial charge in [-0.1, -0.05) is 38.0 Å². The number of methoxy groups -OCH3 is 1. The Morgan fingerprint density at radius 3 is 2.83 bits per heavy atom. The van der Waals surface area contributed by atoms with E-state index in [0.717, 1.165) is 23.7 Å². The molecule has 0 saturated heterocycles. The van der Waals surface area contributed by atoms with Crippen molar-refractivity contribution in [2.45, 2.75) is 45.1 Å². The maximum Gasteiger partial charge on any atom is 0.122 e. The second kappa shape index (κ2) is 6.24. The van der Waals surface area contributed by atoms with Gasteiger partial charge in [-0.05, 0) is 36.3 Å². The first-order chi connectivity index (χ1) is 8.70. The third-order valence-electron chi connectivity index (χ3n) is 4.14. The van der Waals surface area contributed by atoms with Crippen LogP contribution in [0.2, 0.25) is 0 Å². The summed E-state index contributed by atoms with van der Waals surface area (Å²) >= 11 is 0. The molecule has 2 rings (SSSR count). The van der Waals surface area contributed by atoms with E-state index in [1.807, 2.05) is 24.3 Å². The van der Waals surface area contributed by atoms with Gasteiger partial charge >= 0.3 is 0 Å². The lowest BCUT2D eigenvalue weighted by Gasteiger charge is -2.30. The van der Waals surface area contributed by atoms with Gasteiger partial charge in [-0.25, -0.2) is 0 Å². The van der Waals surface area contributed by atoms with Gasteiger partial charge in [0.2, 0.25) is 0 Å². The van der Waals surface area contributed by atoms with Crippen molar-refractivity contribution in [3.05, 3.63) is 29.8 Å². The summed E-state index contributed by atoms with van der Waals surface area (Å²) in [6, 6.07) is 7.99. The van der Waals surface area contributed by atoms with Crippen LogP contribution in [0.3, 0.4) is 0 Å². The van der Waals surface area contributed by atoms with Crippen molar-refractivity contribution in [1.82, 2.24) is 0 Å². The summed E-state index contributed by atoms with van der Waals surface area (Å²) in [6.07, 6.45) is 5.38. The highest BCUT2D eigenvalue weighted by Crippen LogP contribution is 2.32. The summed E-state index contributed by atoms with van der Waals surface area (Å²) < 4.78 is 5.34. The lowest BCUT2D eigenvalue weighted by Crippen LogP contribution is -2.27. The minimum atomic E-state index is -0.232. The Kier molecular flexibility index (Phi) is 4.65. The lowest BCUT2D eigenvalue weighted by molar-refractivity contribution is 0.0715. The second-order valence-corrected chi connectivity index (χ2v) is 5.62. The van der Waals surface area contributed by atoms with Crippen molar-refractivity contribution in [3.63, 3.8) is 0 Å². The fourth-order valence-electron chi connectivity index (χ4n) is 3.09. The van der Waals surface area contributed by atoms with E-state index < -0.39 is 0 Å². The van der Waals surface area contributed by atoms with E-state index in [1.54, 1.807) is 7.11 Å². The Morgan fingerprint density at radius 1 is 1.33 bits per heavy atom. The molecule has 2 nitrogen and oxygen atoms in total. The highest BCUT2D eigenvalue weighted by atomic mass is 16.5. The third-order valence-corrected chi connectivity index (χ3v) is 4.14. The van der Waals surface area contributed by atoms with Gasteiger partial charge in [0.05, 0.1) is 13.2 Å². The van der Waals surface area contributed by atoms with E-state index in [0.29, 0.717) is 12.3 Å². The van der Waals surface area contributed by atoms with Crippen LogP contribution in [0.15, 0.2) is 24.3 Å². The predicted molar refractivity (Wildman–Crippen MR) is 73.8 cm³/mol. The molecule has 100 valence electrons. The van der Waals surface area contributed by atoms with Crippen LogP contribution in [0, 0.1) is 11.8 Å². The average molecular weight is 248 g/mol. The van der Waals surface area contributed by atoms with Gasteiger partial charge in [0.1, 0.15) is 5.75 Å². The van der Waals surface area contributed by atoms with Gasteiger partial charge in [-0.15, -0.1) is 0 Å². The van der Waals surface area contributed by atoms with Crippen LogP contribution >= 0.6 is 0 Å². The third kappa shape index (κ3) is 3.26. The molecule has 1 aromatic carbocycles. The highest BCUT2D eigenvalue weighted by Gasteiger charge is 2.25. The van der Waals surface area contributed by atoms with Gasteiger partial charge < -0.3 is 9.84 Å². The van der Waals surface area contributed by atoms with Crippen molar-refractivity contribution in [2.75, 3.05) is 7.11 Å². The number of hydrogen-bond acceptors (Lipinski definition) is 2. The number of aliphatic hydroxyl groups is 1. The predicted octanol–water partition coefficient (Wildman–Crippen LogP) is 3.42. The summed E-state index contributed by atoms with van der Waals surface area (Å²) in [5.74, 6) is 2.11. The van der Waals surface area contributed by atoms with E-state index in [9.17, 15) is 5.11 Å². The monoisotopic (exact) mass is 248 g/mol. The molecule has 0 bridgehead atoms. The topological polar surface area (TPSA) is 29.5 Å². The van der Waals surface area contributed by atoms with Gasteiger partial charge in [0.15, 0.2) is 0 Å². The summed E-state index contributed by atoms with van der Waals surface area (Å²) in [5, 5.41) is 10.4. The Balaban J connectivity index is 1.99. The van der Waals surface area contributed by atoms with E-state index in [1.165, 1.54) is 19.3 Å². The molecule has 2 heteroatoms. The molecule has 3 unspecified atom stereocenters. The zero-order valence-corrected chi connectivity index (χ0v) is 11.4. The number of para-hydroxylation sites is 1. The maximum atomic E-state index is 10.4. The first kappa shape index (κ1) is 13.4. The second-order valence-electron chi connectivity index (χ2n) is 5.62. The van der Waals surface area contributed by atoms with Gasteiger partial charge in [-0.3, -0.25) is 0 Å². The first-order valence-electron chi connectivity index (χ1n) is 7.00. The van der Waals surface area contributed by atoms with Crippen LogP contribution in [0.5, 0.6) is 5.75 Å². The molecule has 18 heavy (non-hydrogen) atoms. The van der Waals surface area contributed by atoms with Crippen molar-refractivity contribution < 1.29 is 9.84 Å². The summed E-state index contributed by atoms with van der Waals surface area (Å²) in [5.41, 5.74) is 1.12. The smallest absolute Gasteiger partial charge is 0.122 e. The van der Waals surface area contributed by atoms with Crippen LogP contribution < -0.4 is 4.74 Å². The minimum absolute atomic E-state index is 0.232. The van der Waals surface area contributed by atoms with Crippen LogP contribution in [-0.4, -0.2) is 18.3 Å². The number of rotatable bonds is 4. The van der Waals surface area contributed by atoms with Gasteiger partial charge in [-0.2, -0.15) is 0 Å². The van der Waals surface area contributed by atoms with Crippen molar-refractivity contribution in [3.8, 4) is 5.75 Å². The molecule has 3 atom stereocenters. The fourth-order valence-corrected chi connectivity index (χ4v) is 3.09. The molecule has 0 spiro atoms. The van der Waals surface area contributed by atoms with Crippen LogP contribution in [0.4, 0.5) is 0 Å². The zero-order chi connectivity index (χ0) is 13.0. The van der Waals surface area contributed by atoms with Crippen molar-refractivity contribution in [1.29, 1.82) is 0 Å². The van der Waals surface area contributed by atoms with E-state index >= 15 is 0 Å². The molecule has 0 amide bonds. The fraction of sp³-hybridized carbons (Fsp3) is 0.625. The zero-order valence-electron chi connectivity index (χ0n) is 11.4. The molecule has 1 saturated carbocycles. The summed E-state index contributed by atoms with van der Waals surface area (Å²) in [7, 11) is 1.69. The average Bonchev–Trinajstić information content (AvgIpc) is 2.39. The van der Waals surface area contributed by atoms with Gasteiger partial charge in [0.25, 0.3) is 0 Å². The maximum absolute atomic E-state index is 10.4. The van der Waals surface area contributed by atoms with Crippen molar-refractivity contribution >= 4 is 0 Å². The lowest BCUT2D eigenvalue weighted by atomic mass is 9.78. The molecular weight excluding hydrogens is 224 g/mol. The molecule has 1 aromatic rings. The Bertz CT molecular complexity index is 375. The molecule has 0 aliphatic heterocycles. The van der Waals surface area contributed by atoms with E-state index in [2.05, 4.69) is 6.92 Å². The Hall–Kier alpha value is -1.02. The highest BCUT2D eigenvalue weighted by molar-refractivity contribution is 5.33. The number of benzene rings is 1. The molecule has 1 aliphatic rings. The summed E-state index contributed by atoms with van der Waals surface area (Å²) in [6.45, 7) is 2.29. The Labute approximate surface area is 110 Å². The number of hydrogen-bond donors (Lipinski definition) is 1. The quantitative estimate of drug-likeness (QED) is 0.884. The standard InChI is InChI=1S/C16H24O2/c1-12-6-5-8-13(10-12)15(17)11-14-7-3-4-9-16(14)18-2/h3-4,7,9,12-13,15,17H,5-6,8,10-11H2,1-2H3. The van der Waals surface area contributed by atoms with Gasteiger partial charge in [0, 0.05) is 6.42 Å².